The van der Waals surface area contributed by atoms with Gasteiger partial charge in [-0.1, -0.05) is 12.2 Å². The van der Waals surface area contributed by atoms with Crippen molar-refractivity contribution in [1.29, 1.82) is 0 Å². The lowest BCUT2D eigenvalue weighted by molar-refractivity contribution is -0.118. The summed E-state index contributed by atoms with van der Waals surface area (Å²) in [6.07, 6.45) is 1.45. The van der Waals surface area contributed by atoms with Gasteiger partial charge >= 0.3 is 0 Å². The largest absolute Gasteiger partial charge is 0.389 e. The van der Waals surface area contributed by atoms with E-state index < -0.39 is 11.5 Å². The van der Waals surface area contributed by atoms with Crippen LogP contribution in [0.5, 0.6) is 0 Å². The SMILES string of the molecule is NC(=O)Cn1cccc(C(N)=S)c1=O. The minimum absolute atomic E-state index is 0.00817. The molecule has 0 aliphatic heterocycles. The van der Waals surface area contributed by atoms with Crippen LogP contribution >= 0.6 is 12.2 Å². The van der Waals surface area contributed by atoms with Gasteiger partial charge in [-0.05, 0) is 12.1 Å². The molecule has 1 aromatic rings. The Hall–Kier alpha value is -1.69. The Morgan fingerprint density at radius 1 is 1.50 bits per heavy atom. The van der Waals surface area contributed by atoms with E-state index in [1.165, 1.54) is 12.3 Å². The second-order valence-electron chi connectivity index (χ2n) is 2.69. The number of carbonyl (C=O) groups excluding carboxylic acids is 1. The molecule has 1 amide bonds. The fourth-order valence-electron chi connectivity index (χ4n) is 1.02. The molecule has 0 spiro atoms. The van der Waals surface area contributed by atoms with Crippen LogP contribution in [0.1, 0.15) is 5.56 Å². The van der Waals surface area contributed by atoms with Crippen LogP contribution in [0.15, 0.2) is 23.1 Å². The van der Waals surface area contributed by atoms with E-state index in [-0.39, 0.29) is 17.1 Å². The molecule has 14 heavy (non-hydrogen) atoms. The molecule has 0 bridgehead atoms. The van der Waals surface area contributed by atoms with Gasteiger partial charge in [0.25, 0.3) is 5.56 Å². The van der Waals surface area contributed by atoms with Crippen molar-refractivity contribution in [3.8, 4) is 0 Å². The number of hydrogen-bond acceptors (Lipinski definition) is 3. The monoisotopic (exact) mass is 211 g/mol. The zero-order valence-corrected chi connectivity index (χ0v) is 8.08. The molecule has 0 saturated heterocycles. The molecule has 5 nitrogen and oxygen atoms in total. The third-order valence-electron chi connectivity index (χ3n) is 1.61. The number of pyridine rings is 1. The Kier molecular flexibility index (Phi) is 2.98. The van der Waals surface area contributed by atoms with Crippen molar-refractivity contribution < 1.29 is 4.79 Å². The molecule has 6 heteroatoms. The topological polar surface area (TPSA) is 91.1 Å². The Balaban J connectivity index is 3.21. The van der Waals surface area contributed by atoms with E-state index in [0.717, 1.165) is 4.57 Å². The molecule has 0 fully saturated rings. The highest BCUT2D eigenvalue weighted by Gasteiger charge is 2.06. The first-order valence-electron chi connectivity index (χ1n) is 3.80. The van der Waals surface area contributed by atoms with Gasteiger partial charge in [0.1, 0.15) is 11.5 Å². The summed E-state index contributed by atoms with van der Waals surface area (Å²) in [5.74, 6) is -0.591. The third kappa shape index (κ3) is 2.17. The minimum Gasteiger partial charge on any atom is -0.389 e. The van der Waals surface area contributed by atoms with Crippen molar-refractivity contribution in [2.24, 2.45) is 11.5 Å². The first-order valence-corrected chi connectivity index (χ1v) is 4.20. The molecule has 0 aliphatic carbocycles. The van der Waals surface area contributed by atoms with Crippen LogP contribution in [0.4, 0.5) is 0 Å². The highest BCUT2D eigenvalue weighted by Crippen LogP contribution is 1.91. The fourth-order valence-corrected chi connectivity index (χ4v) is 1.17. The number of thiocarbonyl (C=S) groups is 1. The summed E-state index contributed by atoms with van der Waals surface area (Å²) in [5, 5.41) is 0. The first-order chi connectivity index (χ1) is 6.52. The minimum atomic E-state index is -0.591. The van der Waals surface area contributed by atoms with Gasteiger partial charge in [-0.2, -0.15) is 0 Å². The zero-order valence-electron chi connectivity index (χ0n) is 7.27. The summed E-state index contributed by atoms with van der Waals surface area (Å²) in [7, 11) is 0. The summed E-state index contributed by atoms with van der Waals surface area (Å²) in [4.78, 5) is 22.1. The van der Waals surface area contributed by atoms with E-state index in [4.69, 9.17) is 11.5 Å². The van der Waals surface area contributed by atoms with Crippen LogP contribution in [-0.4, -0.2) is 15.5 Å². The van der Waals surface area contributed by atoms with Gasteiger partial charge < -0.3 is 16.0 Å². The average Bonchev–Trinajstić information content (AvgIpc) is 2.07. The van der Waals surface area contributed by atoms with Crippen molar-refractivity contribution in [3.63, 3.8) is 0 Å². The smallest absolute Gasteiger partial charge is 0.261 e. The quantitative estimate of drug-likeness (QED) is 0.625. The molecule has 0 radical (unpaired) electrons. The highest BCUT2D eigenvalue weighted by molar-refractivity contribution is 7.80. The molecule has 0 aromatic carbocycles. The second-order valence-corrected chi connectivity index (χ2v) is 3.13. The van der Waals surface area contributed by atoms with Crippen LogP contribution in [0.3, 0.4) is 0 Å². The van der Waals surface area contributed by atoms with Crippen LogP contribution in [0.25, 0.3) is 0 Å². The van der Waals surface area contributed by atoms with Crippen LogP contribution < -0.4 is 17.0 Å². The lowest BCUT2D eigenvalue weighted by Gasteiger charge is -2.04. The zero-order chi connectivity index (χ0) is 10.7. The number of primary amides is 1. The van der Waals surface area contributed by atoms with Crippen molar-refractivity contribution in [3.05, 3.63) is 34.2 Å². The van der Waals surface area contributed by atoms with Gasteiger partial charge in [-0.3, -0.25) is 9.59 Å². The van der Waals surface area contributed by atoms with Gasteiger partial charge in [0, 0.05) is 6.20 Å². The molecule has 4 N–H and O–H groups in total. The Labute approximate surface area is 85.3 Å². The van der Waals surface area contributed by atoms with E-state index in [1.54, 1.807) is 6.07 Å². The third-order valence-corrected chi connectivity index (χ3v) is 1.83. The van der Waals surface area contributed by atoms with E-state index in [2.05, 4.69) is 12.2 Å². The van der Waals surface area contributed by atoms with Gasteiger partial charge in [0.15, 0.2) is 0 Å². The molecule has 0 saturated carbocycles. The second kappa shape index (κ2) is 4.01. The lowest BCUT2D eigenvalue weighted by atomic mass is 10.3. The molecule has 0 aliphatic rings. The fraction of sp³-hybridized carbons (Fsp3) is 0.125. The molecular formula is C8H9N3O2S. The first kappa shape index (κ1) is 10.4. The summed E-state index contributed by atoms with van der Waals surface area (Å²) >= 11 is 4.67. The van der Waals surface area contributed by atoms with Gasteiger partial charge in [0.05, 0.1) is 5.56 Å². The van der Waals surface area contributed by atoms with E-state index in [1.807, 2.05) is 0 Å². The predicted octanol–water partition coefficient (Wildman–Crippen LogP) is -1.03. The highest BCUT2D eigenvalue weighted by atomic mass is 32.1. The number of carbonyl (C=O) groups is 1. The molecule has 1 heterocycles. The van der Waals surface area contributed by atoms with Gasteiger partial charge in [-0.25, -0.2) is 0 Å². The Morgan fingerprint density at radius 3 is 2.64 bits per heavy atom. The number of amides is 1. The predicted molar refractivity (Wildman–Crippen MR) is 55.8 cm³/mol. The van der Waals surface area contributed by atoms with Crippen LogP contribution in [0, 0.1) is 0 Å². The van der Waals surface area contributed by atoms with E-state index >= 15 is 0 Å². The molecule has 74 valence electrons. The van der Waals surface area contributed by atoms with Gasteiger partial charge in [-0.15, -0.1) is 0 Å². The number of nitrogens with two attached hydrogens (primary N) is 2. The molecule has 0 unspecified atom stereocenters. The van der Waals surface area contributed by atoms with Crippen molar-refractivity contribution in [1.82, 2.24) is 4.57 Å². The molecular weight excluding hydrogens is 202 g/mol. The van der Waals surface area contributed by atoms with Crippen LogP contribution in [0.2, 0.25) is 0 Å². The number of aromatic nitrogens is 1. The van der Waals surface area contributed by atoms with E-state index in [9.17, 15) is 9.59 Å². The molecule has 1 rings (SSSR count). The number of nitrogens with zero attached hydrogens (tertiary/aromatic N) is 1. The lowest BCUT2D eigenvalue weighted by Crippen LogP contribution is -2.32. The van der Waals surface area contributed by atoms with Crippen LogP contribution in [-0.2, 0) is 11.3 Å². The summed E-state index contributed by atoms with van der Waals surface area (Å²) in [6, 6.07) is 3.08. The Bertz CT molecular complexity index is 438. The maximum Gasteiger partial charge on any atom is 0.261 e. The van der Waals surface area contributed by atoms with E-state index in [0.29, 0.717) is 0 Å². The molecule has 1 aromatic heterocycles. The standard InChI is InChI=1S/C8H9N3O2S/c9-6(12)4-11-3-1-2-5(7(10)14)8(11)13/h1-3H,4H2,(H2,9,12)(H2,10,14). The normalized spacial score (nSPS) is 9.71. The van der Waals surface area contributed by atoms with Crippen molar-refractivity contribution in [2.75, 3.05) is 0 Å². The Morgan fingerprint density at radius 2 is 2.14 bits per heavy atom. The summed E-state index contributed by atoms with van der Waals surface area (Å²) in [6.45, 7) is -0.171. The van der Waals surface area contributed by atoms with Crippen molar-refractivity contribution in [2.45, 2.75) is 6.54 Å². The average molecular weight is 211 g/mol. The van der Waals surface area contributed by atoms with Crippen molar-refractivity contribution >= 4 is 23.1 Å². The summed E-state index contributed by atoms with van der Waals surface area (Å²) in [5.41, 5.74) is 10.1. The number of rotatable bonds is 3. The van der Waals surface area contributed by atoms with Gasteiger partial charge in [0.2, 0.25) is 5.91 Å². The maximum atomic E-state index is 11.5. The maximum absolute atomic E-state index is 11.5. The molecule has 0 atom stereocenters. The summed E-state index contributed by atoms with van der Waals surface area (Å²) < 4.78 is 1.16. The number of hydrogen-bond donors (Lipinski definition) is 2.